The van der Waals surface area contributed by atoms with E-state index in [0.717, 1.165) is 44.3 Å². The summed E-state index contributed by atoms with van der Waals surface area (Å²) < 4.78 is 10.9. The highest BCUT2D eigenvalue weighted by molar-refractivity contribution is 5.91. The van der Waals surface area contributed by atoms with Crippen LogP contribution < -0.4 is 16.0 Å². The van der Waals surface area contributed by atoms with Gasteiger partial charge in [0.25, 0.3) is 0 Å². The molecule has 11 nitrogen and oxygen atoms in total. The fraction of sp³-hybridized carbons (Fsp3) is 0.250. The van der Waals surface area contributed by atoms with Crippen molar-refractivity contribution in [3.63, 3.8) is 0 Å². The van der Waals surface area contributed by atoms with Crippen LogP contribution in [-0.4, -0.2) is 59.4 Å². The zero-order valence-corrected chi connectivity index (χ0v) is 28.0. The number of benzene rings is 4. The summed E-state index contributed by atoms with van der Waals surface area (Å²) >= 11 is 0. The van der Waals surface area contributed by atoms with E-state index in [2.05, 4.69) is 20.9 Å². The number of hydrogen-bond acceptors (Lipinski definition) is 6. The van der Waals surface area contributed by atoms with Crippen LogP contribution in [-0.2, 0) is 32.1 Å². The standard InChI is InChI=1S/C40H40N4O7/c45-37(43-35(38(46)47)20-10-11-21-41-39(48)50-24-26-12-2-1-3-13-26)36(22-27-23-42-34-19-9-8-14-28(27)34)44-40(49)51-25-33-31-17-6-4-15-29(31)30-16-5-7-18-32(30)33/h1-9,12-19,23,33,35-36,42H,10-11,20-22,24-25H2,(H,41,48)(H,43,45)(H,44,49)(H,46,47)/t35-,36-/m1/s1. The van der Waals surface area contributed by atoms with Gasteiger partial charge < -0.3 is 35.5 Å². The molecule has 11 heteroatoms. The fourth-order valence-electron chi connectivity index (χ4n) is 6.48. The molecule has 0 unspecified atom stereocenters. The monoisotopic (exact) mass is 688 g/mol. The molecule has 0 spiro atoms. The largest absolute Gasteiger partial charge is 0.480 e. The third-order valence-corrected chi connectivity index (χ3v) is 9.07. The van der Waals surface area contributed by atoms with Crippen molar-refractivity contribution in [1.29, 1.82) is 0 Å². The van der Waals surface area contributed by atoms with E-state index < -0.39 is 36.1 Å². The first kappa shape index (κ1) is 34.8. The number of nitrogens with one attached hydrogen (secondary N) is 4. The number of unbranched alkanes of at least 4 members (excludes halogenated alkanes) is 1. The molecule has 0 bridgehead atoms. The fourth-order valence-corrected chi connectivity index (χ4v) is 6.48. The quantitative estimate of drug-likeness (QED) is 0.0810. The van der Waals surface area contributed by atoms with Crippen LogP contribution in [0.5, 0.6) is 0 Å². The number of aromatic nitrogens is 1. The van der Waals surface area contributed by atoms with Crippen molar-refractivity contribution < 1.29 is 33.8 Å². The van der Waals surface area contributed by atoms with Gasteiger partial charge >= 0.3 is 18.2 Å². The second-order valence-corrected chi connectivity index (χ2v) is 12.5. The first-order chi connectivity index (χ1) is 24.9. The first-order valence-corrected chi connectivity index (χ1v) is 17.0. The third-order valence-electron chi connectivity index (χ3n) is 9.07. The summed E-state index contributed by atoms with van der Waals surface area (Å²) in [7, 11) is 0. The third kappa shape index (κ3) is 8.74. The van der Waals surface area contributed by atoms with Crippen LogP contribution in [0.4, 0.5) is 9.59 Å². The molecule has 6 rings (SSSR count). The highest BCUT2D eigenvalue weighted by atomic mass is 16.6. The van der Waals surface area contributed by atoms with E-state index in [-0.39, 0.29) is 38.5 Å². The second-order valence-electron chi connectivity index (χ2n) is 12.5. The van der Waals surface area contributed by atoms with Gasteiger partial charge in [-0.1, -0.05) is 97.1 Å². The molecule has 1 aromatic heterocycles. The van der Waals surface area contributed by atoms with Crippen LogP contribution >= 0.6 is 0 Å². The first-order valence-electron chi connectivity index (χ1n) is 17.0. The van der Waals surface area contributed by atoms with E-state index >= 15 is 0 Å². The Labute approximate surface area is 295 Å². The number of amides is 3. The van der Waals surface area contributed by atoms with Crippen molar-refractivity contribution in [2.24, 2.45) is 0 Å². The number of rotatable bonds is 15. The summed E-state index contributed by atoms with van der Waals surface area (Å²) in [5, 5.41) is 18.8. The highest BCUT2D eigenvalue weighted by Crippen LogP contribution is 2.44. The maximum Gasteiger partial charge on any atom is 0.407 e. The molecule has 1 aliphatic carbocycles. The zero-order chi connectivity index (χ0) is 35.6. The number of carboxylic acid groups (broad SMARTS) is 1. The summed E-state index contributed by atoms with van der Waals surface area (Å²) in [5.41, 5.74) is 6.82. The molecule has 4 aromatic carbocycles. The van der Waals surface area contributed by atoms with Crippen molar-refractivity contribution in [2.75, 3.05) is 13.2 Å². The van der Waals surface area contributed by atoms with Gasteiger partial charge in [-0.05, 0) is 58.7 Å². The highest BCUT2D eigenvalue weighted by Gasteiger charge is 2.31. The van der Waals surface area contributed by atoms with Crippen molar-refractivity contribution in [3.05, 3.63) is 132 Å². The SMILES string of the molecule is O=C(NCCCC[C@@H](NC(=O)[C@@H](Cc1c[nH]c2ccccc12)NC(=O)OCC1c2ccccc2-c2ccccc21)C(=O)O)OCc1ccccc1. The van der Waals surface area contributed by atoms with Crippen LogP contribution in [0, 0.1) is 0 Å². The van der Waals surface area contributed by atoms with Gasteiger partial charge in [0.1, 0.15) is 25.3 Å². The van der Waals surface area contributed by atoms with E-state index in [9.17, 15) is 24.3 Å². The molecule has 0 fully saturated rings. The van der Waals surface area contributed by atoms with Crippen molar-refractivity contribution in [1.82, 2.24) is 20.9 Å². The number of alkyl carbamates (subject to hydrolysis) is 2. The van der Waals surface area contributed by atoms with Gasteiger partial charge in [0.05, 0.1) is 0 Å². The molecule has 262 valence electrons. The Bertz CT molecular complexity index is 1950. The average molecular weight is 689 g/mol. The van der Waals surface area contributed by atoms with Gasteiger partial charge in [0.2, 0.25) is 5.91 Å². The van der Waals surface area contributed by atoms with Crippen LogP contribution in [0.3, 0.4) is 0 Å². The predicted octanol–water partition coefficient (Wildman–Crippen LogP) is 6.28. The van der Waals surface area contributed by atoms with Gasteiger partial charge in [-0.2, -0.15) is 0 Å². The summed E-state index contributed by atoms with van der Waals surface area (Å²) in [6.45, 7) is 0.483. The molecule has 0 saturated heterocycles. The Morgan fingerprint density at radius 3 is 2.12 bits per heavy atom. The summed E-state index contributed by atoms with van der Waals surface area (Å²) in [6.07, 6.45) is 1.51. The van der Waals surface area contributed by atoms with Gasteiger partial charge in [-0.25, -0.2) is 14.4 Å². The lowest BCUT2D eigenvalue weighted by molar-refractivity contribution is -0.142. The van der Waals surface area contributed by atoms with E-state index in [1.165, 1.54) is 0 Å². The lowest BCUT2D eigenvalue weighted by Gasteiger charge is -2.22. The van der Waals surface area contributed by atoms with Crippen LogP contribution in [0.2, 0.25) is 0 Å². The van der Waals surface area contributed by atoms with Gasteiger partial charge in [-0.15, -0.1) is 0 Å². The Balaban J connectivity index is 1.06. The Hall–Kier alpha value is -6.10. The number of carbonyl (C=O) groups excluding carboxylic acids is 3. The van der Waals surface area contributed by atoms with Gasteiger partial charge in [0.15, 0.2) is 0 Å². The molecular formula is C40H40N4O7. The number of ether oxygens (including phenoxy) is 2. The lowest BCUT2D eigenvalue weighted by atomic mass is 9.98. The van der Waals surface area contributed by atoms with Gasteiger partial charge in [0, 0.05) is 36.0 Å². The Morgan fingerprint density at radius 2 is 1.39 bits per heavy atom. The van der Waals surface area contributed by atoms with Crippen molar-refractivity contribution in [2.45, 2.75) is 50.3 Å². The maximum absolute atomic E-state index is 13.7. The average Bonchev–Trinajstić information content (AvgIpc) is 3.71. The molecule has 2 atom stereocenters. The Morgan fingerprint density at radius 1 is 0.725 bits per heavy atom. The maximum atomic E-state index is 13.7. The Kier molecular flexibility index (Phi) is 11.3. The number of para-hydroxylation sites is 1. The second kappa shape index (κ2) is 16.5. The van der Waals surface area contributed by atoms with E-state index in [4.69, 9.17) is 9.47 Å². The normalized spacial score (nSPS) is 13.0. The molecular weight excluding hydrogens is 648 g/mol. The van der Waals surface area contributed by atoms with Crippen LogP contribution in [0.15, 0.2) is 109 Å². The van der Waals surface area contributed by atoms with Crippen LogP contribution in [0.25, 0.3) is 22.0 Å². The summed E-state index contributed by atoms with van der Waals surface area (Å²) in [6, 6.07) is 30.6. The molecule has 51 heavy (non-hydrogen) atoms. The lowest BCUT2D eigenvalue weighted by Crippen LogP contribution is -2.52. The molecule has 0 radical (unpaired) electrons. The number of hydrogen-bond donors (Lipinski definition) is 5. The zero-order valence-electron chi connectivity index (χ0n) is 28.0. The van der Waals surface area contributed by atoms with E-state index in [1.54, 1.807) is 6.20 Å². The van der Waals surface area contributed by atoms with Crippen molar-refractivity contribution in [3.8, 4) is 11.1 Å². The number of aliphatic carboxylic acids is 1. The molecule has 1 heterocycles. The molecule has 5 N–H and O–H groups in total. The molecule has 0 aliphatic heterocycles. The van der Waals surface area contributed by atoms with Gasteiger partial charge in [-0.3, -0.25) is 4.79 Å². The molecule has 3 amide bonds. The molecule has 1 aliphatic rings. The number of aromatic amines is 1. The minimum absolute atomic E-state index is 0.0624. The number of fused-ring (bicyclic) bond motifs is 4. The summed E-state index contributed by atoms with van der Waals surface area (Å²) in [4.78, 5) is 54.4. The number of carboxylic acids is 1. The van der Waals surface area contributed by atoms with Crippen LogP contribution in [0.1, 0.15) is 47.4 Å². The smallest absolute Gasteiger partial charge is 0.407 e. The van der Waals surface area contributed by atoms with E-state index in [0.29, 0.717) is 12.8 Å². The predicted molar refractivity (Wildman–Crippen MR) is 192 cm³/mol. The van der Waals surface area contributed by atoms with Crippen molar-refractivity contribution >= 4 is 35.0 Å². The number of H-pyrrole nitrogens is 1. The van der Waals surface area contributed by atoms with E-state index in [1.807, 2.05) is 103 Å². The molecule has 5 aromatic rings. The summed E-state index contributed by atoms with van der Waals surface area (Å²) in [5.74, 6) is -2.02. The molecule has 0 saturated carbocycles. The minimum atomic E-state index is -1.21. The number of carbonyl (C=O) groups is 4. The minimum Gasteiger partial charge on any atom is -0.480 e. The topological polar surface area (TPSA) is 159 Å².